The van der Waals surface area contributed by atoms with Crippen LogP contribution in [-0.2, 0) is 9.47 Å². The largest absolute Gasteiger partial charge is 0.504 e. The first-order valence-corrected chi connectivity index (χ1v) is 8.81. The molecule has 1 fully saturated rings. The van der Waals surface area contributed by atoms with Crippen LogP contribution in [-0.4, -0.2) is 74.9 Å². The molecule has 0 bridgehead atoms. The summed E-state index contributed by atoms with van der Waals surface area (Å²) < 4.78 is 15.4. The van der Waals surface area contributed by atoms with Gasteiger partial charge in [0.05, 0.1) is 30.8 Å². The molecule has 1 heterocycles. The first kappa shape index (κ1) is 21.6. The molecule has 0 aliphatic carbocycles. The van der Waals surface area contributed by atoms with Gasteiger partial charge in [-0.2, -0.15) is 0 Å². The Balaban J connectivity index is 2.11. The third-order valence-corrected chi connectivity index (χ3v) is 4.73. The highest BCUT2D eigenvalue weighted by atomic mass is 16.7. The number of phenols is 2. The van der Waals surface area contributed by atoms with E-state index >= 15 is 0 Å². The van der Waals surface area contributed by atoms with Gasteiger partial charge < -0.3 is 44.8 Å². The molecule has 6 N–H and O–H groups in total. The van der Waals surface area contributed by atoms with Crippen molar-refractivity contribution < 1.29 is 49.6 Å². The van der Waals surface area contributed by atoms with E-state index in [4.69, 9.17) is 9.47 Å². The SMILES string of the molecule is COC(=O)c1cc(O)c(=O)c2c(O)c(O)c(O[C@H]3C[C@@H](O)[C@H](O)[C@@H](CO)O3)cc2c1. The Bertz CT molecular complexity index is 1040. The maximum absolute atomic E-state index is 12.4. The standard InChI is InChI=1S/C19H20O11/c1-28-19(27)8-2-7-4-11(17(25)18(26)14(7)16(24)9(21)3-8)29-13-5-10(22)15(23)12(6-20)30-13/h2-4,10,12-13,15,20,22-23,25-26H,5-6H2,1H3,(H,21,24)/t10-,12-,13-,15+/m1/s1. The van der Waals surface area contributed by atoms with Crippen molar-refractivity contribution in [3.63, 3.8) is 0 Å². The Kier molecular flexibility index (Phi) is 5.99. The number of hydrogen-bond acceptors (Lipinski definition) is 11. The predicted molar refractivity (Wildman–Crippen MR) is 99.6 cm³/mol. The van der Waals surface area contributed by atoms with Crippen molar-refractivity contribution in [2.75, 3.05) is 13.7 Å². The molecule has 3 rings (SSSR count). The topological polar surface area (TPSA) is 183 Å². The summed E-state index contributed by atoms with van der Waals surface area (Å²) in [4.78, 5) is 24.3. The molecule has 2 aromatic carbocycles. The van der Waals surface area contributed by atoms with Crippen LogP contribution in [0.1, 0.15) is 16.8 Å². The minimum Gasteiger partial charge on any atom is -0.504 e. The highest BCUT2D eigenvalue weighted by Crippen LogP contribution is 2.42. The lowest BCUT2D eigenvalue weighted by molar-refractivity contribution is -0.230. The zero-order valence-electron chi connectivity index (χ0n) is 15.7. The van der Waals surface area contributed by atoms with Crippen molar-refractivity contribution in [3.8, 4) is 23.0 Å². The second-order valence-corrected chi connectivity index (χ2v) is 6.68. The van der Waals surface area contributed by atoms with Gasteiger partial charge >= 0.3 is 5.97 Å². The normalized spacial score (nSPS) is 23.9. The van der Waals surface area contributed by atoms with Crippen molar-refractivity contribution in [1.29, 1.82) is 0 Å². The number of benzene rings is 1. The maximum atomic E-state index is 12.4. The summed E-state index contributed by atoms with van der Waals surface area (Å²) >= 11 is 0. The monoisotopic (exact) mass is 424 g/mol. The molecule has 30 heavy (non-hydrogen) atoms. The predicted octanol–water partition coefficient (Wildman–Crippen LogP) is -0.689. The first-order valence-electron chi connectivity index (χ1n) is 8.81. The van der Waals surface area contributed by atoms with Gasteiger partial charge in [-0.3, -0.25) is 4.79 Å². The average Bonchev–Trinajstić information content (AvgIpc) is 2.84. The molecule has 1 aliphatic heterocycles. The van der Waals surface area contributed by atoms with E-state index in [1.165, 1.54) is 0 Å². The third kappa shape index (κ3) is 3.83. The van der Waals surface area contributed by atoms with Gasteiger partial charge in [0.15, 0.2) is 17.2 Å². The van der Waals surface area contributed by atoms with Crippen LogP contribution in [0.15, 0.2) is 23.0 Å². The minimum absolute atomic E-state index is 0.0684. The van der Waals surface area contributed by atoms with E-state index in [0.29, 0.717) is 0 Å². The molecule has 1 aliphatic rings. The van der Waals surface area contributed by atoms with Crippen molar-refractivity contribution in [2.45, 2.75) is 31.0 Å². The van der Waals surface area contributed by atoms with E-state index in [1.807, 2.05) is 0 Å². The number of fused-ring (bicyclic) bond motifs is 1. The van der Waals surface area contributed by atoms with E-state index in [0.717, 1.165) is 25.3 Å². The Morgan fingerprint density at radius 1 is 1.17 bits per heavy atom. The number of esters is 1. The van der Waals surface area contributed by atoms with Crippen molar-refractivity contribution in [3.05, 3.63) is 34.0 Å². The number of rotatable bonds is 4. The number of methoxy groups -OCH3 is 1. The van der Waals surface area contributed by atoms with Gasteiger partial charge in [0.2, 0.25) is 17.5 Å². The molecule has 0 spiro atoms. The summed E-state index contributed by atoms with van der Waals surface area (Å²) in [7, 11) is 1.10. The van der Waals surface area contributed by atoms with E-state index in [9.17, 15) is 40.2 Å². The van der Waals surface area contributed by atoms with Crippen LogP contribution in [0.5, 0.6) is 23.0 Å². The summed E-state index contributed by atoms with van der Waals surface area (Å²) in [5, 5.41) is 58.9. The molecule has 0 saturated carbocycles. The van der Waals surface area contributed by atoms with E-state index in [-0.39, 0.29) is 23.1 Å². The highest BCUT2D eigenvalue weighted by molar-refractivity contribution is 5.98. The third-order valence-electron chi connectivity index (χ3n) is 4.73. The fraction of sp³-hybridized carbons (Fsp3) is 0.368. The molecular formula is C19H20O11. The molecule has 0 aromatic heterocycles. The molecule has 0 amide bonds. The van der Waals surface area contributed by atoms with Crippen LogP contribution >= 0.6 is 0 Å². The Hall–Kier alpha value is -3.12. The van der Waals surface area contributed by atoms with Crippen LogP contribution in [0.3, 0.4) is 0 Å². The summed E-state index contributed by atoms with van der Waals surface area (Å²) in [5.41, 5.74) is -1.25. The van der Waals surface area contributed by atoms with Crippen molar-refractivity contribution >= 4 is 16.7 Å². The van der Waals surface area contributed by atoms with Crippen LogP contribution in [0.25, 0.3) is 10.8 Å². The Morgan fingerprint density at radius 2 is 1.87 bits per heavy atom. The molecule has 162 valence electrons. The Morgan fingerprint density at radius 3 is 2.50 bits per heavy atom. The van der Waals surface area contributed by atoms with Crippen LogP contribution in [0.2, 0.25) is 0 Å². The van der Waals surface area contributed by atoms with E-state index < -0.39 is 65.2 Å². The maximum Gasteiger partial charge on any atom is 0.338 e. The average molecular weight is 424 g/mol. The van der Waals surface area contributed by atoms with Gasteiger partial charge in [0.1, 0.15) is 12.2 Å². The lowest BCUT2D eigenvalue weighted by atomic mass is 10.0. The van der Waals surface area contributed by atoms with Gasteiger partial charge in [-0.1, -0.05) is 0 Å². The number of carbonyl (C=O) groups excluding carboxylic acids is 1. The Labute approximate surface area is 168 Å². The minimum atomic E-state index is -1.35. The molecule has 11 nitrogen and oxygen atoms in total. The van der Waals surface area contributed by atoms with E-state index in [2.05, 4.69) is 4.74 Å². The number of carbonyl (C=O) groups is 1. The van der Waals surface area contributed by atoms with Gasteiger partial charge in [0.25, 0.3) is 0 Å². The lowest BCUT2D eigenvalue weighted by Crippen LogP contribution is -2.51. The number of phenolic OH excluding ortho intramolecular Hbond substituents is 2. The fourth-order valence-electron chi connectivity index (χ4n) is 3.17. The van der Waals surface area contributed by atoms with Gasteiger partial charge in [-0.05, 0) is 23.6 Å². The smallest absolute Gasteiger partial charge is 0.338 e. The molecule has 2 aromatic rings. The summed E-state index contributed by atoms with van der Waals surface area (Å²) in [6.07, 6.45) is -5.23. The molecule has 11 heteroatoms. The summed E-state index contributed by atoms with van der Waals surface area (Å²) in [5.74, 6) is -3.85. The number of aliphatic hydroxyl groups excluding tert-OH is 3. The van der Waals surface area contributed by atoms with Crippen molar-refractivity contribution in [2.24, 2.45) is 0 Å². The highest BCUT2D eigenvalue weighted by Gasteiger charge is 2.38. The second kappa shape index (κ2) is 8.32. The summed E-state index contributed by atoms with van der Waals surface area (Å²) in [6.45, 7) is -0.607. The van der Waals surface area contributed by atoms with Crippen LogP contribution < -0.4 is 10.2 Å². The number of hydrogen-bond donors (Lipinski definition) is 6. The van der Waals surface area contributed by atoms with Gasteiger partial charge in [-0.25, -0.2) is 4.79 Å². The molecule has 0 unspecified atom stereocenters. The second-order valence-electron chi connectivity index (χ2n) is 6.68. The fourth-order valence-corrected chi connectivity index (χ4v) is 3.17. The van der Waals surface area contributed by atoms with E-state index in [1.54, 1.807) is 0 Å². The zero-order valence-corrected chi connectivity index (χ0v) is 15.7. The molecule has 0 radical (unpaired) electrons. The lowest BCUT2D eigenvalue weighted by Gasteiger charge is -2.36. The molecular weight excluding hydrogens is 404 g/mol. The van der Waals surface area contributed by atoms with Crippen LogP contribution in [0.4, 0.5) is 0 Å². The van der Waals surface area contributed by atoms with Gasteiger partial charge in [-0.15, -0.1) is 0 Å². The number of aliphatic hydroxyl groups is 3. The number of ether oxygens (including phenoxy) is 3. The first-order chi connectivity index (χ1) is 14.2. The van der Waals surface area contributed by atoms with Gasteiger partial charge in [0, 0.05) is 6.42 Å². The quantitative estimate of drug-likeness (QED) is 0.270. The zero-order chi connectivity index (χ0) is 22.2. The molecule has 4 atom stereocenters. The van der Waals surface area contributed by atoms with Crippen molar-refractivity contribution in [1.82, 2.24) is 0 Å². The summed E-state index contributed by atoms with van der Waals surface area (Å²) in [6, 6.07) is 3.12. The number of aromatic hydroxyl groups is 3. The molecule has 1 saturated heterocycles. The van der Waals surface area contributed by atoms with Crippen LogP contribution in [0, 0.1) is 0 Å².